The van der Waals surface area contributed by atoms with Crippen LogP contribution >= 0.6 is 0 Å². The van der Waals surface area contributed by atoms with Crippen molar-refractivity contribution in [2.75, 3.05) is 0 Å². The molecule has 0 fully saturated rings. The first-order valence-electron chi connectivity index (χ1n) is 12.5. The van der Waals surface area contributed by atoms with Gasteiger partial charge in [0, 0.05) is 0 Å². The molecule has 0 aliphatic rings. The first-order valence-corrected chi connectivity index (χ1v) is 19.9. The summed E-state index contributed by atoms with van der Waals surface area (Å²) in [6.07, 6.45) is 0. The van der Waals surface area contributed by atoms with Gasteiger partial charge in [-0.25, -0.2) is 0 Å². The van der Waals surface area contributed by atoms with Gasteiger partial charge in [0.2, 0.25) is 0 Å². The second-order valence-corrected chi connectivity index (χ2v) is 22.3. The van der Waals surface area contributed by atoms with E-state index in [-0.39, 0.29) is 5.41 Å². The molecule has 0 aliphatic carbocycles. The first-order chi connectivity index (χ1) is 17.1. The van der Waals surface area contributed by atoms with Crippen LogP contribution in [0.2, 0.25) is 17.3 Å². The number of imidazole rings is 1. The van der Waals surface area contributed by atoms with Crippen molar-refractivity contribution in [3.05, 3.63) is 84.6 Å². The van der Waals surface area contributed by atoms with Crippen LogP contribution in [0.1, 0.15) is 26.5 Å². The molecule has 0 aliphatic heterocycles. The van der Waals surface area contributed by atoms with Gasteiger partial charge in [-0.2, -0.15) is 0 Å². The topological polar surface area (TPSA) is 43.9 Å². The molecule has 0 radical (unpaired) electrons. The molecule has 6 rings (SSSR count). The summed E-state index contributed by atoms with van der Waals surface area (Å²) in [6.45, 7) is 6.54. The number of pyridine rings is 1. The van der Waals surface area contributed by atoms with Crippen LogP contribution in [0.5, 0.6) is 0 Å². The summed E-state index contributed by atoms with van der Waals surface area (Å²) in [5.74, 6) is 8.08. The van der Waals surface area contributed by atoms with Gasteiger partial charge in [0.25, 0.3) is 0 Å². The molecule has 0 atom stereocenters. The van der Waals surface area contributed by atoms with E-state index in [4.69, 9.17) is 14.4 Å². The monoisotopic (exact) mass is 535 g/mol. The molecule has 4 nitrogen and oxygen atoms in total. The molecule has 3 aromatic carbocycles. The summed E-state index contributed by atoms with van der Waals surface area (Å²) < 4.78 is 10.2. The van der Waals surface area contributed by atoms with E-state index in [2.05, 4.69) is 115 Å². The van der Waals surface area contributed by atoms with Crippen LogP contribution in [-0.2, 0) is 5.41 Å². The molecule has 0 unspecified atom stereocenters. The van der Waals surface area contributed by atoms with Crippen LogP contribution in [0, 0.1) is 0 Å². The maximum atomic E-state index is 6.59. The molecule has 0 spiro atoms. The van der Waals surface area contributed by atoms with Crippen LogP contribution in [0.4, 0.5) is 0 Å². The molecule has 0 N–H and O–H groups in total. The minimum absolute atomic E-state index is 0.0567. The Morgan fingerprint density at radius 1 is 0.778 bits per heavy atom. The third-order valence-electron chi connectivity index (χ3n) is 6.91. The molecule has 180 valence electrons. The summed E-state index contributed by atoms with van der Waals surface area (Å²) in [5, 5.41) is 2.27. The van der Waals surface area contributed by atoms with Gasteiger partial charge in [0.1, 0.15) is 0 Å². The van der Waals surface area contributed by atoms with Crippen LogP contribution in [0.15, 0.2) is 83.3 Å². The number of furan rings is 1. The van der Waals surface area contributed by atoms with Crippen LogP contribution in [0.3, 0.4) is 0 Å². The van der Waals surface area contributed by atoms with Crippen molar-refractivity contribution in [1.29, 1.82) is 0 Å². The summed E-state index contributed by atoms with van der Waals surface area (Å²) in [7, 11) is 0. The van der Waals surface area contributed by atoms with Crippen molar-refractivity contribution >= 4 is 50.8 Å². The SMILES string of the molecule is CC(C)(C)c1ccc2c(n1)nc(-c1cccc3c1oc1c[c]([Ge]([CH3])([CH3])[CH3])ccc13)n2-c1ccccc1. The number of hydrogen-bond acceptors (Lipinski definition) is 3. The third kappa shape index (κ3) is 3.75. The predicted octanol–water partition coefficient (Wildman–Crippen LogP) is 7.83. The fourth-order valence-corrected chi connectivity index (χ4v) is 7.25. The normalized spacial score (nSPS) is 12.7. The Morgan fingerprint density at radius 2 is 1.56 bits per heavy atom. The van der Waals surface area contributed by atoms with Crippen LogP contribution < -0.4 is 4.40 Å². The van der Waals surface area contributed by atoms with Crippen molar-refractivity contribution in [1.82, 2.24) is 14.5 Å². The zero-order chi connectivity index (χ0) is 25.2. The van der Waals surface area contributed by atoms with E-state index in [0.717, 1.165) is 55.9 Å². The second-order valence-electron chi connectivity index (χ2n) is 11.6. The maximum absolute atomic E-state index is 6.59. The average Bonchev–Trinajstić information content (AvgIpc) is 3.41. The third-order valence-corrected chi connectivity index (χ3v) is 11.2. The number of nitrogens with zero attached hydrogens (tertiary/aromatic N) is 3. The molecule has 0 saturated heterocycles. The zero-order valence-electron chi connectivity index (χ0n) is 21.8. The number of benzene rings is 3. The minimum atomic E-state index is -1.99. The number of aromatic nitrogens is 3. The second kappa shape index (κ2) is 8.07. The molecule has 5 heteroatoms. The molecule has 0 saturated carbocycles. The van der Waals surface area contributed by atoms with E-state index in [0.29, 0.717) is 0 Å². The van der Waals surface area contributed by atoms with Crippen molar-refractivity contribution in [3.63, 3.8) is 0 Å². The Bertz CT molecular complexity index is 1750. The number of fused-ring (bicyclic) bond motifs is 4. The van der Waals surface area contributed by atoms with E-state index in [9.17, 15) is 0 Å². The van der Waals surface area contributed by atoms with Gasteiger partial charge in [0.15, 0.2) is 0 Å². The molecule has 0 amide bonds. The van der Waals surface area contributed by atoms with E-state index in [1.54, 1.807) is 0 Å². The van der Waals surface area contributed by atoms with E-state index >= 15 is 0 Å². The zero-order valence-corrected chi connectivity index (χ0v) is 23.9. The number of rotatable bonds is 3. The summed E-state index contributed by atoms with van der Waals surface area (Å²) in [5.41, 5.74) is 6.55. The Morgan fingerprint density at radius 3 is 2.28 bits per heavy atom. The van der Waals surface area contributed by atoms with Crippen molar-refractivity contribution in [3.8, 4) is 17.1 Å². The summed E-state index contributed by atoms with van der Waals surface area (Å²) in [4.78, 5) is 10.1. The molecule has 0 bridgehead atoms. The fourth-order valence-electron chi connectivity index (χ4n) is 4.84. The molecule has 3 aromatic heterocycles. The molecule has 3 heterocycles. The van der Waals surface area contributed by atoms with E-state index in [1.807, 2.05) is 6.07 Å². The van der Waals surface area contributed by atoms with Crippen molar-refractivity contribution < 1.29 is 4.42 Å². The van der Waals surface area contributed by atoms with Gasteiger partial charge < -0.3 is 0 Å². The summed E-state index contributed by atoms with van der Waals surface area (Å²) >= 11 is -1.99. The molecule has 36 heavy (non-hydrogen) atoms. The van der Waals surface area contributed by atoms with Gasteiger partial charge >= 0.3 is 194 Å². The van der Waals surface area contributed by atoms with E-state index < -0.39 is 13.3 Å². The van der Waals surface area contributed by atoms with Crippen molar-refractivity contribution in [2.45, 2.75) is 43.5 Å². The van der Waals surface area contributed by atoms with Gasteiger partial charge in [0.05, 0.1) is 0 Å². The molecular formula is C31H31GeN3O. The Balaban J connectivity index is 1.66. The van der Waals surface area contributed by atoms with Gasteiger partial charge in [-0.05, 0) is 0 Å². The van der Waals surface area contributed by atoms with Crippen LogP contribution in [-0.4, -0.2) is 27.8 Å². The standard InChI is InChI=1S/C31H31GeN3O/c1-31(2,3)27-18-17-25-29(33-27)34-30(35(25)21-11-8-7-9-12-21)24-14-10-13-23-22-16-15-20(32(4,5)6)19-26(22)36-28(23)24/h7-19H,1-6H3. The van der Waals surface area contributed by atoms with Gasteiger partial charge in [-0.15, -0.1) is 0 Å². The van der Waals surface area contributed by atoms with Gasteiger partial charge in [-0.3, -0.25) is 0 Å². The Labute approximate surface area is 214 Å². The average molecular weight is 534 g/mol. The predicted molar refractivity (Wildman–Crippen MR) is 153 cm³/mol. The first kappa shape index (κ1) is 23.0. The number of hydrogen-bond donors (Lipinski definition) is 0. The Kier molecular flexibility index (Phi) is 5.17. The Hall–Kier alpha value is -3.38. The fraction of sp³-hybridized carbons (Fsp3) is 0.226. The van der Waals surface area contributed by atoms with Crippen molar-refractivity contribution in [2.24, 2.45) is 0 Å². The van der Waals surface area contributed by atoms with Crippen LogP contribution in [0.25, 0.3) is 50.2 Å². The van der Waals surface area contributed by atoms with E-state index in [1.165, 1.54) is 4.40 Å². The molecular weight excluding hydrogens is 503 g/mol. The van der Waals surface area contributed by atoms with Gasteiger partial charge in [-0.1, -0.05) is 20.8 Å². The molecule has 6 aromatic rings. The number of para-hydroxylation sites is 2. The summed E-state index contributed by atoms with van der Waals surface area (Å²) in [6, 6.07) is 27.8. The quantitative estimate of drug-likeness (QED) is 0.218.